The molecule has 68 heavy (non-hydrogen) atoms. The summed E-state index contributed by atoms with van der Waals surface area (Å²) in [6.45, 7) is 28.6. The Labute approximate surface area is 410 Å². The first-order valence-electron chi connectivity index (χ1n) is 25.6. The van der Waals surface area contributed by atoms with Gasteiger partial charge in [-0.3, -0.25) is 4.57 Å². The van der Waals surface area contributed by atoms with Gasteiger partial charge in [0.2, 0.25) is 0 Å². The number of pyridine rings is 1. The van der Waals surface area contributed by atoms with Gasteiger partial charge in [-0.25, -0.2) is 4.98 Å². The molecule has 2 aromatic heterocycles. The molecule has 0 unspecified atom stereocenters. The Kier molecular flexibility index (Phi) is 10.6. The van der Waals surface area contributed by atoms with Gasteiger partial charge in [0.15, 0.2) is 0 Å². The van der Waals surface area contributed by atoms with Gasteiger partial charge in [0.1, 0.15) is 17.3 Å². The van der Waals surface area contributed by atoms with Gasteiger partial charge in [0.05, 0.1) is 17.7 Å². The van der Waals surface area contributed by atoms with E-state index in [0.29, 0.717) is 18.2 Å². The molecule has 0 fully saturated rings. The zero-order valence-corrected chi connectivity index (χ0v) is 42.4. The summed E-state index contributed by atoms with van der Waals surface area (Å²) in [6, 6.07) is 53.4. The first kappa shape index (κ1) is 42.7. The molecule has 3 heterocycles. The fraction of sp³-hybridized carbons (Fsp3) is 0.317. The third-order valence-electron chi connectivity index (χ3n) is 14.1. The molecule has 0 saturated carbocycles. The Bertz CT molecular complexity index is 3240. The van der Waals surface area contributed by atoms with E-state index in [9.17, 15) is 0 Å². The quantitative estimate of drug-likeness (QED) is 0.145. The Hall–Kier alpha value is -6.59. The number of aromatic nitrogens is 2. The molecule has 9 rings (SSSR count). The number of anilines is 2. The van der Waals surface area contributed by atoms with Crippen LogP contribution in [0, 0.1) is 17.7 Å². The summed E-state index contributed by atoms with van der Waals surface area (Å²) in [5, 5.41) is 2.07. The molecule has 348 valence electrons. The number of hydrogen-bond donors (Lipinski definition) is 0. The number of ether oxygens (including phenoxy) is 1. The van der Waals surface area contributed by atoms with Gasteiger partial charge in [-0.1, -0.05) is 175 Å². The topological polar surface area (TPSA) is 33.5 Å². The zero-order valence-electron chi connectivity index (χ0n) is 45.4. The van der Waals surface area contributed by atoms with Crippen molar-refractivity contribution in [3.8, 4) is 17.3 Å². The maximum Gasteiger partial charge on any atom is 0.137 e. The van der Waals surface area contributed by atoms with Crippen molar-refractivity contribution in [1.82, 2.24) is 9.55 Å². The van der Waals surface area contributed by atoms with Crippen molar-refractivity contribution in [2.24, 2.45) is 10.8 Å². The molecule has 0 N–H and O–H groups in total. The lowest BCUT2D eigenvalue weighted by Crippen LogP contribution is -2.32. The summed E-state index contributed by atoms with van der Waals surface area (Å²) >= 11 is 0. The van der Waals surface area contributed by atoms with Gasteiger partial charge in [0, 0.05) is 77.6 Å². The van der Waals surface area contributed by atoms with E-state index >= 15 is 0 Å². The number of rotatable bonds is 9. The Balaban J connectivity index is 1.20. The van der Waals surface area contributed by atoms with Crippen molar-refractivity contribution < 1.29 is 8.85 Å². The van der Waals surface area contributed by atoms with Crippen molar-refractivity contribution in [2.45, 2.75) is 113 Å². The number of hydrogen-bond acceptors (Lipinski definition) is 4. The second kappa shape index (κ2) is 16.9. The van der Waals surface area contributed by atoms with Crippen molar-refractivity contribution in [1.29, 1.82) is 0 Å². The van der Waals surface area contributed by atoms with Crippen LogP contribution >= 0.6 is 0 Å². The van der Waals surface area contributed by atoms with Crippen molar-refractivity contribution in [2.75, 3.05) is 16.5 Å². The van der Waals surface area contributed by atoms with Crippen LogP contribution in [0.1, 0.15) is 128 Å². The van der Waals surface area contributed by atoms with Crippen LogP contribution in [0.15, 0.2) is 169 Å². The van der Waals surface area contributed by atoms with E-state index in [0.717, 1.165) is 38.8 Å². The molecule has 0 atom stereocenters. The highest BCUT2D eigenvalue weighted by atomic mass is 16.5. The molecule has 1 aliphatic heterocycles. The minimum absolute atomic E-state index is 0.197. The normalized spacial score (nSPS) is 15.0. The van der Waals surface area contributed by atoms with E-state index in [2.05, 4.69) is 221 Å². The largest absolute Gasteiger partial charge is 0.457 e. The van der Waals surface area contributed by atoms with Crippen LogP contribution in [0.2, 0.25) is 0 Å². The van der Waals surface area contributed by atoms with Crippen LogP contribution in [0.3, 0.4) is 0 Å². The van der Waals surface area contributed by atoms with Crippen LogP contribution in [0.5, 0.6) is 11.5 Å². The standard InChI is InChI=1S/C63H70N4O/c1-42-31-32-64-56(33-42)67-54-28-22-21-27-52(54)53-30-29-50(40-55(53)67)68-51-38-45(59(2,3)4)35-49(39-51)66-41-65(57(60(5,6)7)58(66)61(8,9)10)48-36-46(62(11,12)43-23-17-15-18-24-43)34-47(37-48)63(13,14)44-25-19-16-20-26-44/h15-40H,41H2,1-14H3/i1D3. The number of fused-ring (bicyclic) bond motifs is 3. The SMILES string of the molecule is [2H]C([2H])([2H])c1ccnc(-n2c3ccccc3c3ccc(Oc4cc(N5CN(c6cc(C(C)(C)c7ccccc7)cc(C(C)(C)c7ccccc7)c6)C(C(C)(C)C)=C5C(C)(C)C)cc(C(C)(C)C)c4)cc32)c1. The first-order chi connectivity index (χ1) is 33.2. The molecule has 6 aromatic carbocycles. The molecule has 5 heteroatoms. The summed E-state index contributed by atoms with van der Waals surface area (Å²) in [7, 11) is 0. The average Bonchev–Trinajstić information content (AvgIpc) is 3.90. The van der Waals surface area contributed by atoms with Crippen LogP contribution in [-0.4, -0.2) is 16.2 Å². The summed E-state index contributed by atoms with van der Waals surface area (Å²) in [5.74, 6) is 1.94. The van der Waals surface area contributed by atoms with Crippen molar-refractivity contribution in [3.63, 3.8) is 0 Å². The number of para-hydroxylation sites is 1. The molecule has 0 saturated heterocycles. The highest BCUT2D eigenvalue weighted by Gasteiger charge is 2.43. The molecule has 1 aliphatic rings. The zero-order chi connectivity index (χ0) is 51.1. The monoisotopic (exact) mass is 902 g/mol. The lowest BCUT2D eigenvalue weighted by Gasteiger charge is -2.36. The number of benzene rings is 6. The van der Waals surface area contributed by atoms with Gasteiger partial charge in [-0.15, -0.1) is 0 Å². The maximum absolute atomic E-state index is 8.15. The predicted octanol–water partition coefficient (Wildman–Crippen LogP) is 16.8. The molecule has 0 radical (unpaired) electrons. The van der Waals surface area contributed by atoms with Crippen molar-refractivity contribution in [3.05, 3.63) is 203 Å². The van der Waals surface area contributed by atoms with E-state index in [1.54, 1.807) is 18.3 Å². The molecule has 8 aromatic rings. The summed E-state index contributed by atoms with van der Waals surface area (Å²) in [6.07, 6.45) is 1.58. The fourth-order valence-electron chi connectivity index (χ4n) is 10.2. The maximum atomic E-state index is 8.15. The summed E-state index contributed by atoms with van der Waals surface area (Å²) in [5.41, 5.74) is 11.9. The lowest BCUT2D eigenvalue weighted by atomic mass is 9.73. The number of allylic oxidation sites excluding steroid dienone is 2. The lowest BCUT2D eigenvalue weighted by molar-refractivity contribution is 0.444. The fourth-order valence-corrected chi connectivity index (χ4v) is 10.2. The van der Waals surface area contributed by atoms with Crippen LogP contribution in [0.4, 0.5) is 11.4 Å². The summed E-state index contributed by atoms with van der Waals surface area (Å²) < 4.78 is 33.5. The molecular formula is C63H70N4O. The molecule has 0 spiro atoms. The van der Waals surface area contributed by atoms with E-state index in [4.69, 9.17) is 13.8 Å². The smallest absolute Gasteiger partial charge is 0.137 e. The number of nitrogens with zero attached hydrogens (tertiary/aromatic N) is 4. The average molecular weight is 902 g/mol. The van der Waals surface area contributed by atoms with Crippen LogP contribution in [-0.2, 0) is 16.2 Å². The molecule has 0 bridgehead atoms. The van der Waals surface area contributed by atoms with Gasteiger partial charge >= 0.3 is 0 Å². The minimum Gasteiger partial charge on any atom is -0.457 e. The molecule has 0 amide bonds. The Morgan fingerprint density at radius 1 is 0.456 bits per heavy atom. The van der Waals surface area contributed by atoms with E-state index in [-0.39, 0.29) is 32.6 Å². The Morgan fingerprint density at radius 2 is 0.985 bits per heavy atom. The first-order valence-corrected chi connectivity index (χ1v) is 24.1. The van der Waals surface area contributed by atoms with Gasteiger partial charge in [0.25, 0.3) is 0 Å². The second-order valence-corrected chi connectivity index (χ2v) is 22.9. The molecule has 0 aliphatic carbocycles. The van der Waals surface area contributed by atoms with Crippen LogP contribution < -0.4 is 14.5 Å². The Morgan fingerprint density at radius 3 is 1.54 bits per heavy atom. The molecular weight excluding hydrogens is 829 g/mol. The third-order valence-corrected chi connectivity index (χ3v) is 14.1. The third kappa shape index (κ3) is 8.61. The van der Waals surface area contributed by atoms with Gasteiger partial charge in [-0.2, -0.15) is 0 Å². The van der Waals surface area contributed by atoms with E-state index in [1.807, 2.05) is 22.8 Å². The van der Waals surface area contributed by atoms with Crippen molar-refractivity contribution >= 4 is 33.2 Å². The van der Waals surface area contributed by atoms with Gasteiger partial charge in [-0.05, 0) is 100 Å². The van der Waals surface area contributed by atoms with E-state index < -0.39 is 6.85 Å². The molecule has 5 nitrogen and oxygen atoms in total. The number of aryl methyl sites for hydroxylation is 1. The second-order valence-electron chi connectivity index (χ2n) is 22.9. The highest BCUT2D eigenvalue weighted by molar-refractivity contribution is 6.09. The van der Waals surface area contributed by atoms with Crippen LogP contribution in [0.25, 0.3) is 27.6 Å². The summed E-state index contributed by atoms with van der Waals surface area (Å²) in [4.78, 5) is 9.82. The van der Waals surface area contributed by atoms with E-state index in [1.165, 1.54) is 39.3 Å². The minimum atomic E-state index is -2.27. The van der Waals surface area contributed by atoms with Gasteiger partial charge < -0.3 is 14.5 Å². The highest BCUT2D eigenvalue weighted by Crippen LogP contribution is 2.50. The predicted molar refractivity (Wildman–Crippen MR) is 288 cm³/mol.